The topological polar surface area (TPSA) is 132 Å². The Labute approximate surface area is 151 Å². The number of sulfonamides is 2. The molecule has 0 aliphatic rings. The fraction of sp³-hybridized carbons (Fsp3) is 0.125. The number of nitrogens with zero attached hydrogens (tertiary/aromatic N) is 1. The highest BCUT2D eigenvalue weighted by molar-refractivity contribution is 8.05. The maximum absolute atomic E-state index is 12.8. The normalized spacial score (nSPS) is 11.8. The summed E-state index contributed by atoms with van der Waals surface area (Å²) in [7, 11) is -9.77. The van der Waals surface area contributed by atoms with E-state index < -0.39 is 45.4 Å². The summed E-state index contributed by atoms with van der Waals surface area (Å²) in [5.74, 6) is -3.58. The summed E-state index contributed by atoms with van der Waals surface area (Å²) in [6.45, 7) is 3.40. The molecule has 0 aromatic heterocycles. The van der Waals surface area contributed by atoms with Gasteiger partial charge in [0.25, 0.3) is 20.0 Å². The SMILES string of the molecule is Cc1ccc(S(=O)(=O)N(C(=O)C(N)=O)S(=O)(=O)c2ccc(C)cc2)cc1. The molecule has 8 nitrogen and oxygen atoms in total. The molecule has 0 saturated carbocycles. The first kappa shape index (κ1) is 19.6. The molecule has 0 fully saturated rings. The van der Waals surface area contributed by atoms with Crippen LogP contribution in [0.4, 0.5) is 0 Å². The van der Waals surface area contributed by atoms with Crippen LogP contribution in [0.1, 0.15) is 11.1 Å². The molecule has 2 rings (SSSR count). The number of nitrogens with two attached hydrogens (primary N) is 1. The first-order chi connectivity index (χ1) is 12.0. The van der Waals surface area contributed by atoms with Crippen LogP contribution in [0.2, 0.25) is 0 Å². The lowest BCUT2D eigenvalue weighted by atomic mass is 10.2. The fourth-order valence-corrected chi connectivity index (χ4v) is 5.56. The Morgan fingerprint density at radius 1 is 0.731 bits per heavy atom. The number of carbonyl (C=O) groups is 2. The smallest absolute Gasteiger partial charge is 0.339 e. The molecule has 0 bridgehead atoms. The zero-order chi connectivity index (χ0) is 19.7. The lowest BCUT2D eigenvalue weighted by Gasteiger charge is -2.21. The molecule has 26 heavy (non-hydrogen) atoms. The quantitative estimate of drug-likeness (QED) is 0.757. The van der Waals surface area contributed by atoms with Crippen molar-refractivity contribution in [1.29, 1.82) is 0 Å². The first-order valence-electron chi connectivity index (χ1n) is 7.25. The highest BCUT2D eigenvalue weighted by Crippen LogP contribution is 2.25. The van der Waals surface area contributed by atoms with E-state index in [-0.39, 0.29) is 0 Å². The second-order valence-corrected chi connectivity index (χ2v) is 9.31. The molecular formula is C16H16N2O6S2. The van der Waals surface area contributed by atoms with Crippen LogP contribution in [-0.2, 0) is 29.6 Å². The lowest BCUT2D eigenvalue weighted by molar-refractivity contribution is -0.138. The van der Waals surface area contributed by atoms with Crippen molar-refractivity contribution in [3.63, 3.8) is 0 Å². The van der Waals surface area contributed by atoms with Crippen molar-refractivity contribution in [2.45, 2.75) is 23.6 Å². The number of carbonyl (C=O) groups excluding carboxylic acids is 2. The van der Waals surface area contributed by atoms with E-state index in [2.05, 4.69) is 0 Å². The molecule has 2 N–H and O–H groups in total. The summed E-state index contributed by atoms with van der Waals surface area (Å²) >= 11 is 0. The van der Waals surface area contributed by atoms with E-state index in [1.165, 1.54) is 24.3 Å². The first-order valence-corrected chi connectivity index (χ1v) is 10.1. The molecule has 0 saturated heterocycles. The molecule has 0 heterocycles. The van der Waals surface area contributed by atoms with Crippen LogP contribution in [-0.4, -0.2) is 32.4 Å². The van der Waals surface area contributed by atoms with Crippen LogP contribution >= 0.6 is 0 Å². The van der Waals surface area contributed by atoms with Crippen molar-refractivity contribution in [2.24, 2.45) is 5.73 Å². The van der Waals surface area contributed by atoms with Gasteiger partial charge >= 0.3 is 11.8 Å². The Bertz CT molecular complexity index is 981. The summed E-state index contributed by atoms with van der Waals surface area (Å²) < 4.78 is 50.7. The minimum Gasteiger partial charge on any atom is -0.361 e. The van der Waals surface area contributed by atoms with Gasteiger partial charge in [0, 0.05) is 0 Å². The predicted octanol–water partition coefficient (Wildman–Crippen LogP) is 0.695. The number of hydrogen-bond donors (Lipinski definition) is 1. The van der Waals surface area contributed by atoms with E-state index in [9.17, 15) is 26.4 Å². The number of amides is 2. The van der Waals surface area contributed by atoms with Gasteiger partial charge < -0.3 is 5.73 Å². The van der Waals surface area contributed by atoms with Crippen molar-refractivity contribution in [1.82, 2.24) is 3.71 Å². The fourth-order valence-electron chi connectivity index (χ4n) is 2.05. The van der Waals surface area contributed by atoms with E-state index in [0.29, 0.717) is 0 Å². The second-order valence-electron chi connectivity index (χ2n) is 5.50. The van der Waals surface area contributed by atoms with E-state index in [1.54, 1.807) is 13.8 Å². The third-order valence-electron chi connectivity index (χ3n) is 3.45. The van der Waals surface area contributed by atoms with Gasteiger partial charge in [0.05, 0.1) is 9.79 Å². The molecular weight excluding hydrogens is 380 g/mol. The summed E-state index contributed by atoms with van der Waals surface area (Å²) in [5.41, 5.74) is 6.32. The maximum Gasteiger partial charge on any atom is 0.339 e. The van der Waals surface area contributed by atoms with Crippen molar-refractivity contribution >= 4 is 31.9 Å². The molecule has 2 amide bonds. The van der Waals surface area contributed by atoms with E-state index in [0.717, 1.165) is 35.4 Å². The van der Waals surface area contributed by atoms with Crippen molar-refractivity contribution in [2.75, 3.05) is 0 Å². The average Bonchev–Trinajstić information content (AvgIpc) is 2.55. The van der Waals surface area contributed by atoms with Gasteiger partial charge in [-0.25, -0.2) is 0 Å². The summed E-state index contributed by atoms with van der Waals surface area (Å²) in [6.07, 6.45) is 0. The Morgan fingerprint density at radius 3 is 1.31 bits per heavy atom. The second kappa shape index (κ2) is 6.89. The van der Waals surface area contributed by atoms with Gasteiger partial charge in [-0.3, -0.25) is 9.59 Å². The number of primary amides is 1. The third-order valence-corrected chi connectivity index (χ3v) is 7.57. The largest absolute Gasteiger partial charge is 0.361 e. The Balaban J connectivity index is 2.71. The Hall–Kier alpha value is -2.72. The molecule has 0 radical (unpaired) electrons. The lowest BCUT2D eigenvalue weighted by Crippen LogP contribution is -2.47. The van der Waals surface area contributed by atoms with Gasteiger partial charge in [-0.15, -0.1) is 3.71 Å². The van der Waals surface area contributed by atoms with Crippen LogP contribution in [0.5, 0.6) is 0 Å². The minimum atomic E-state index is -4.88. The third kappa shape index (κ3) is 3.60. The van der Waals surface area contributed by atoms with Gasteiger partial charge in [-0.1, -0.05) is 35.4 Å². The number of rotatable bonds is 4. The molecule has 2 aromatic carbocycles. The Kier molecular flexibility index (Phi) is 5.19. The zero-order valence-corrected chi connectivity index (χ0v) is 15.5. The molecule has 0 spiro atoms. The number of hydrogen-bond acceptors (Lipinski definition) is 6. The minimum absolute atomic E-state index is 0.461. The molecule has 10 heteroatoms. The molecule has 0 unspecified atom stereocenters. The van der Waals surface area contributed by atoms with E-state index >= 15 is 0 Å². The van der Waals surface area contributed by atoms with Gasteiger partial charge in [-0.05, 0) is 38.1 Å². The van der Waals surface area contributed by atoms with Gasteiger partial charge in [0.15, 0.2) is 0 Å². The van der Waals surface area contributed by atoms with Crippen LogP contribution < -0.4 is 5.73 Å². The van der Waals surface area contributed by atoms with Gasteiger partial charge in [-0.2, -0.15) is 16.8 Å². The molecule has 0 aliphatic carbocycles. The van der Waals surface area contributed by atoms with Crippen LogP contribution in [0.15, 0.2) is 58.3 Å². The van der Waals surface area contributed by atoms with Crippen LogP contribution in [0.3, 0.4) is 0 Å². The van der Waals surface area contributed by atoms with E-state index in [1.807, 2.05) is 0 Å². The monoisotopic (exact) mass is 396 g/mol. The molecule has 0 aliphatic heterocycles. The van der Waals surface area contributed by atoms with Crippen molar-refractivity contribution in [3.8, 4) is 0 Å². The molecule has 0 atom stereocenters. The average molecular weight is 396 g/mol. The van der Waals surface area contributed by atoms with Gasteiger partial charge in [0.1, 0.15) is 0 Å². The molecule has 2 aromatic rings. The predicted molar refractivity (Wildman–Crippen MR) is 92.8 cm³/mol. The summed E-state index contributed by atoms with van der Waals surface area (Å²) in [5, 5.41) is 0. The van der Waals surface area contributed by atoms with Crippen LogP contribution in [0.25, 0.3) is 0 Å². The standard InChI is InChI=1S/C16H16N2O6S2/c1-11-3-7-13(8-4-11)25(21,22)18(16(20)15(17)19)26(23,24)14-9-5-12(2)6-10-14/h3-10H,1-2H3,(H2,17,19). The van der Waals surface area contributed by atoms with E-state index in [4.69, 9.17) is 5.73 Å². The van der Waals surface area contributed by atoms with Gasteiger partial charge in [0.2, 0.25) is 0 Å². The highest BCUT2D eigenvalue weighted by atomic mass is 32.3. The van der Waals surface area contributed by atoms with Crippen molar-refractivity contribution in [3.05, 3.63) is 59.7 Å². The number of benzene rings is 2. The maximum atomic E-state index is 12.8. The zero-order valence-electron chi connectivity index (χ0n) is 13.9. The Morgan fingerprint density at radius 2 is 1.04 bits per heavy atom. The van der Waals surface area contributed by atoms with Crippen molar-refractivity contribution < 1.29 is 26.4 Å². The summed E-state index contributed by atoms with van der Waals surface area (Å²) in [4.78, 5) is 22.5. The summed E-state index contributed by atoms with van der Waals surface area (Å²) in [6, 6.07) is 10.3. The highest BCUT2D eigenvalue weighted by Gasteiger charge is 2.43. The van der Waals surface area contributed by atoms with Crippen LogP contribution in [0, 0.1) is 13.8 Å². The number of aryl methyl sites for hydroxylation is 2. The molecule has 138 valence electrons.